The molecule has 6 heteroatoms. The summed E-state index contributed by atoms with van der Waals surface area (Å²) >= 11 is 1.58. The van der Waals surface area contributed by atoms with E-state index in [4.69, 9.17) is 18.9 Å². The molecule has 2 aromatic rings. The molecular formula is C15H19NO4S. The zero-order chi connectivity index (χ0) is 15.2. The first-order valence-corrected chi connectivity index (χ1v) is 7.30. The van der Waals surface area contributed by atoms with Crippen LogP contribution in [0.5, 0.6) is 11.5 Å². The van der Waals surface area contributed by atoms with Gasteiger partial charge in [-0.2, -0.15) is 0 Å². The molecule has 0 aliphatic carbocycles. The summed E-state index contributed by atoms with van der Waals surface area (Å²) in [5, 5.41) is 2.95. The molecule has 1 aromatic heterocycles. The van der Waals surface area contributed by atoms with Crippen molar-refractivity contribution >= 4 is 11.3 Å². The van der Waals surface area contributed by atoms with Gasteiger partial charge in [0.05, 0.1) is 19.2 Å². The highest BCUT2D eigenvalue weighted by molar-refractivity contribution is 7.09. The zero-order valence-corrected chi connectivity index (χ0v) is 13.4. The van der Waals surface area contributed by atoms with Crippen LogP contribution in [-0.2, 0) is 15.9 Å². The van der Waals surface area contributed by atoms with Crippen LogP contribution >= 0.6 is 11.3 Å². The summed E-state index contributed by atoms with van der Waals surface area (Å²) in [5.41, 5.74) is 1.90. The molecular weight excluding hydrogens is 290 g/mol. The van der Waals surface area contributed by atoms with E-state index in [1.54, 1.807) is 39.8 Å². The number of hydrogen-bond acceptors (Lipinski definition) is 6. The van der Waals surface area contributed by atoms with Gasteiger partial charge in [0.15, 0.2) is 11.5 Å². The van der Waals surface area contributed by atoms with Gasteiger partial charge in [-0.3, -0.25) is 0 Å². The van der Waals surface area contributed by atoms with Crippen molar-refractivity contribution in [3.63, 3.8) is 0 Å². The van der Waals surface area contributed by atoms with Gasteiger partial charge in [0.25, 0.3) is 0 Å². The second kappa shape index (κ2) is 7.40. The Bertz CT molecular complexity index is 581. The van der Waals surface area contributed by atoms with Crippen LogP contribution < -0.4 is 9.47 Å². The lowest BCUT2D eigenvalue weighted by molar-refractivity contribution is -0.108. The van der Waals surface area contributed by atoms with Crippen LogP contribution in [0.15, 0.2) is 23.6 Å². The van der Waals surface area contributed by atoms with Gasteiger partial charge in [0.1, 0.15) is 5.69 Å². The number of rotatable bonds is 7. The van der Waals surface area contributed by atoms with Crippen molar-refractivity contribution in [1.82, 2.24) is 4.98 Å². The van der Waals surface area contributed by atoms with E-state index in [1.807, 2.05) is 23.6 Å². The van der Waals surface area contributed by atoms with E-state index < -0.39 is 6.29 Å². The molecule has 0 N–H and O–H groups in total. The van der Waals surface area contributed by atoms with E-state index in [9.17, 15) is 0 Å². The normalized spacial score (nSPS) is 10.9. The minimum atomic E-state index is -0.416. The van der Waals surface area contributed by atoms with Crippen LogP contribution in [0.3, 0.4) is 0 Å². The summed E-state index contributed by atoms with van der Waals surface area (Å²) in [6, 6.07) is 5.87. The minimum Gasteiger partial charge on any atom is -0.493 e. The van der Waals surface area contributed by atoms with Gasteiger partial charge in [-0.05, 0) is 17.7 Å². The monoisotopic (exact) mass is 309 g/mol. The fourth-order valence-electron chi connectivity index (χ4n) is 2.02. The first-order chi connectivity index (χ1) is 10.2. The molecule has 114 valence electrons. The SMILES string of the molecule is COc1ccc(Cc2nc(C(OC)OC)cs2)cc1OC. The van der Waals surface area contributed by atoms with Crippen molar-refractivity contribution in [3.8, 4) is 11.5 Å². The predicted molar refractivity (Wildman–Crippen MR) is 81.2 cm³/mol. The third kappa shape index (κ3) is 3.72. The van der Waals surface area contributed by atoms with Crippen LogP contribution in [-0.4, -0.2) is 33.4 Å². The van der Waals surface area contributed by atoms with Gasteiger partial charge in [-0.15, -0.1) is 11.3 Å². The molecule has 0 unspecified atom stereocenters. The maximum absolute atomic E-state index is 5.31. The van der Waals surface area contributed by atoms with Crippen LogP contribution in [0.2, 0.25) is 0 Å². The number of hydrogen-bond donors (Lipinski definition) is 0. The molecule has 0 saturated carbocycles. The molecule has 1 aromatic carbocycles. The van der Waals surface area contributed by atoms with Crippen molar-refractivity contribution < 1.29 is 18.9 Å². The Hall–Kier alpha value is -1.63. The number of aromatic nitrogens is 1. The topological polar surface area (TPSA) is 49.8 Å². The van der Waals surface area contributed by atoms with E-state index in [-0.39, 0.29) is 0 Å². The Balaban J connectivity index is 2.15. The molecule has 0 radical (unpaired) electrons. The lowest BCUT2D eigenvalue weighted by atomic mass is 10.1. The lowest BCUT2D eigenvalue weighted by Crippen LogP contribution is -2.04. The quantitative estimate of drug-likeness (QED) is 0.736. The van der Waals surface area contributed by atoms with Gasteiger partial charge in [0.2, 0.25) is 6.29 Å². The largest absolute Gasteiger partial charge is 0.493 e. The lowest BCUT2D eigenvalue weighted by Gasteiger charge is -2.10. The molecule has 0 bridgehead atoms. The molecule has 0 fully saturated rings. The van der Waals surface area contributed by atoms with E-state index in [0.717, 1.165) is 34.2 Å². The third-order valence-electron chi connectivity index (χ3n) is 3.04. The molecule has 0 saturated heterocycles. The van der Waals surface area contributed by atoms with Gasteiger partial charge in [0, 0.05) is 26.0 Å². The average molecular weight is 309 g/mol. The molecule has 0 aliphatic heterocycles. The first-order valence-electron chi connectivity index (χ1n) is 6.42. The Morgan fingerprint density at radius 3 is 2.38 bits per heavy atom. The van der Waals surface area contributed by atoms with E-state index in [2.05, 4.69) is 4.98 Å². The average Bonchev–Trinajstić information content (AvgIpc) is 2.96. The fraction of sp³-hybridized carbons (Fsp3) is 0.400. The van der Waals surface area contributed by atoms with Crippen LogP contribution in [0.1, 0.15) is 22.6 Å². The summed E-state index contributed by atoms with van der Waals surface area (Å²) in [6.07, 6.45) is 0.311. The Morgan fingerprint density at radius 1 is 1.05 bits per heavy atom. The van der Waals surface area contributed by atoms with E-state index in [0.29, 0.717) is 0 Å². The smallest absolute Gasteiger partial charge is 0.201 e. The summed E-state index contributed by atoms with van der Waals surface area (Å²) < 4.78 is 20.9. The molecule has 0 amide bonds. The van der Waals surface area contributed by atoms with Gasteiger partial charge >= 0.3 is 0 Å². The summed E-state index contributed by atoms with van der Waals surface area (Å²) in [5.74, 6) is 1.44. The van der Waals surface area contributed by atoms with Gasteiger partial charge < -0.3 is 18.9 Å². The minimum absolute atomic E-state index is 0.416. The van der Waals surface area contributed by atoms with Crippen molar-refractivity contribution in [2.24, 2.45) is 0 Å². The molecule has 5 nitrogen and oxygen atoms in total. The van der Waals surface area contributed by atoms with Crippen LogP contribution in [0.25, 0.3) is 0 Å². The fourth-order valence-corrected chi connectivity index (χ4v) is 2.85. The number of ether oxygens (including phenoxy) is 4. The summed E-state index contributed by atoms with van der Waals surface area (Å²) in [7, 11) is 6.45. The molecule has 0 aliphatic rings. The van der Waals surface area contributed by atoms with Gasteiger partial charge in [-0.1, -0.05) is 6.07 Å². The second-order valence-electron chi connectivity index (χ2n) is 4.34. The maximum Gasteiger partial charge on any atom is 0.201 e. The van der Waals surface area contributed by atoms with Gasteiger partial charge in [-0.25, -0.2) is 4.98 Å². The van der Waals surface area contributed by atoms with E-state index >= 15 is 0 Å². The Morgan fingerprint density at radius 2 is 1.76 bits per heavy atom. The van der Waals surface area contributed by atoms with Crippen LogP contribution in [0.4, 0.5) is 0 Å². The van der Waals surface area contributed by atoms with Crippen molar-refractivity contribution in [2.45, 2.75) is 12.7 Å². The first kappa shape index (κ1) is 15.8. The standard InChI is InChI=1S/C15H19NO4S/c1-17-12-6-5-10(7-13(12)18-2)8-14-16-11(9-21-14)15(19-3)20-4/h5-7,9,15H,8H2,1-4H3. The molecule has 0 spiro atoms. The Labute approximate surface area is 128 Å². The Kier molecular flexibility index (Phi) is 5.55. The van der Waals surface area contributed by atoms with Crippen LogP contribution in [0, 0.1) is 0 Å². The number of methoxy groups -OCH3 is 4. The van der Waals surface area contributed by atoms with Crippen molar-refractivity contribution in [2.75, 3.05) is 28.4 Å². The molecule has 21 heavy (non-hydrogen) atoms. The molecule has 0 atom stereocenters. The predicted octanol–water partition coefficient (Wildman–Crippen LogP) is 3.04. The highest BCUT2D eigenvalue weighted by atomic mass is 32.1. The number of nitrogens with zero attached hydrogens (tertiary/aromatic N) is 1. The van der Waals surface area contributed by atoms with Crippen molar-refractivity contribution in [3.05, 3.63) is 39.8 Å². The second-order valence-corrected chi connectivity index (χ2v) is 5.28. The highest BCUT2D eigenvalue weighted by Gasteiger charge is 2.14. The maximum atomic E-state index is 5.31. The van der Waals surface area contributed by atoms with E-state index in [1.165, 1.54) is 0 Å². The van der Waals surface area contributed by atoms with Crippen molar-refractivity contribution in [1.29, 1.82) is 0 Å². The zero-order valence-electron chi connectivity index (χ0n) is 12.6. The highest BCUT2D eigenvalue weighted by Crippen LogP contribution is 2.29. The third-order valence-corrected chi connectivity index (χ3v) is 3.91. The molecule has 1 heterocycles. The summed E-state index contributed by atoms with van der Waals surface area (Å²) in [4.78, 5) is 4.54. The summed E-state index contributed by atoms with van der Waals surface area (Å²) in [6.45, 7) is 0. The number of thiazole rings is 1. The molecule has 2 rings (SSSR count). The number of benzene rings is 1.